The molecule has 1 aromatic carbocycles. The molecule has 1 aliphatic rings. The van der Waals surface area contributed by atoms with Crippen LogP contribution in [-0.2, 0) is 6.42 Å². The third-order valence-corrected chi connectivity index (χ3v) is 5.86. The number of guanidine groups is 1. The number of thioether (sulfide) groups is 1. The van der Waals surface area contributed by atoms with Crippen LogP contribution in [0.15, 0.2) is 23.2 Å². The van der Waals surface area contributed by atoms with E-state index in [0.717, 1.165) is 29.7 Å². The standard InChI is InChI=1S/C20H33N3O2S.HI/c1-4-21-20(23-16-7-6-8-17(14-16)26-5-2)22-12-11-15-9-10-18(24)19(13-15)25-3;/h9-10,13,16-17,24H,4-8,11-12,14H2,1-3H3,(H2,21,22,23);1H. The number of halogens is 1. The molecule has 7 heteroatoms. The summed E-state index contributed by atoms with van der Waals surface area (Å²) in [5, 5.41) is 17.4. The third kappa shape index (κ3) is 8.37. The van der Waals surface area contributed by atoms with Crippen LogP contribution < -0.4 is 15.4 Å². The molecular formula is C20H34IN3O2S. The summed E-state index contributed by atoms with van der Waals surface area (Å²) < 4.78 is 5.17. The number of nitrogens with zero attached hydrogens (tertiary/aromatic N) is 1. The number of phenols is 1. The van der Waals surface area contributed by atoms with Crippen LogP contribution in [0.2, 0.25) is 0 Å². The van der Waals surface area contributed by atoms with Gasteiger partial charge < -0.3 is 20.5 Å². The van der Waals surface area contributed by atoms with Gasteiger partial charge in [-0.15, -0.1) is 24.0 Å². The topological polar surface area (TPSA) is 65.9 Å². The smallest absolute Gasteiger partial charge is 0.191 e. The van der Waals surface area contributed by atoms with E-state index < -0.39 is 0 Å². The molecule has 0 aromatic heterocycles. The van der Waals surface area contributed by atoms with Gasteiger partial charge in [0.25, 0.3) is 0 Å². The van der Waals surface area contributed by atoms with Crippen molar-refractivity contribution in [3.8, 4) is 11.5 Å². The van der Waals surface area contributed by atoms with Crippen molar-refractivity contribution >= 4 is 41.7 Å². The zero-order chi connectivity index (χ0) is 18.8. The minimum Gasteiger partial charge on any atom is -0.504 e. The van der Waals surface area contributed by atoms with Crippen LogP contribution in [0.4, 0.5) is 0 Å². The van der Waals surface area contributed by atoms with E-state index in [-0.39, 0.29) is 29.7 Å². The summed E-state index contributed by atoms with van der Waals surface area (Å²) in [6, 6.07) is 5.98. The Balaban J connectivity index is 0.00000364. The Labute approximate surface area is 185 Å². The minimum atomic E-state index is 0. The van der Waals surface area contributed by atoms with Gasteiger partial charge in [-0.05, 0) is 56.1 Å². The van der Waals surface area contributed by atoms with Gasteiger partial charge in [0.1, 0.15) is 0 Å². The maximum absolute atomic E-state index is 9.69. The lowest BCUT2D eigenvalue weighted by Gasteiger charge is -2.30. The molecule has 1 saturated carbocycles. The normalized spacial score (nSPS) is 19.9. The van der Waals surface area contributed by atoms with E-state index in [9.17, 15) is 5.11 Å². The van der Waals surface area contributed by atoms with E-state index in [4.69, 9.17) is 9.73 Å². The van der Waals surface area contributed by atoms with Crippen LogP contribution in [0.5, 0.6) is 11.5 Å². The van der Waals surface area contributed by atoms with E-state index in [2.05, 4.69) is 36.2 Å². The van der Waals surface area contributed by atoms with Gasteiger partial charge in [-0.25, -0.2) is 0 Å². The first kappa shape index (κ1) is 24.2. The van der Waals surface area contributed by atoms with Crippen LogP contribution in [0.1, 0.15) is 45.1 Å². The summed E-state index contributed by atoms with van der Waals surface area (Å²) in [5.41, 5.74) is 1.11. The molecule has 2 rings (SSSR count). The second-order valence-electron chi connectivity index (χ2n) is 6.60. The molecule has 0 aliphatic heterocycles. The Kier molecular flexibility index (Phi) is 12.0. The number of benzene rings is 1. The van der Waals surface area contributed by atoms with E-state index in [1.54, 1.807) is 13.2 Å². The van der Waals surface area contributed by atoms with Crippen molar-refractivity contribution in [2.24, 2.45) is 4.99 Å². The molecule has 1 fully saturated rings. The lowest BCUT2D eigenvalue weighted by molar-refractivity contribution is 0.373. The quantitative estimate of drug-likeness (QED) is 0.280. The number of aliphatic imine (C=N–C) groups is 1. The van der Waals surface area contributed by atoms with Crippen molar-refractivity contribution in [1.82, 2.24) is 10.6 Å². The Morgan fingerprint density at radius 3 is 2.85 bits per heavy atom. The highest BCUT2D eigenvalue weighted by molar-refractivity contribution is 14.0. The van der Waals surface area contributed by atoms with Gasteiger partial charge in [0.05, 0.1) is 7.11 Å². The molecule has 3 N–H and O–H groups in total. The average Bonchev–Trinajstić information content (AvgIpc) is 2.64. The second-order valence-corrected chi connectivity index (χ2v) is 8.18. The third-order valence-electron chi connectivity index (χ3n) is 4.63. The molecule has 0 heterocycles. The maximum atomic E-state index is 9.69. The monoisotopic (exact) mass is 507 g/mol. The fourth-order valence-corrected chi connectivity index (χ4v) is 4.52. The molecular weight excluding hydrogens is 473 g/mol. The molecule has 154 valence electrons. The van der Waals surface area contributed by atoms with Crippen LogP contribution in [-0.4, -0.2) is 48.3 Å². The summed E-state index contributed by atoms with van der Waals surface area (Å²) >= 11 is 2.08. The summed E-state index contributed by atoms with van der Waals surface area (Å²) in [7, 11) is 1.57. The Hall–Kier alpha value is -0.830. The van der Waals surface area contributed by atoms with Crippen LogP contribution in [0, 0.1) is 0 Å². The van der Waals surface area contributed by atoms with Crippen molar-refractivity contribution in [2.45, 2.75) is 57.2 Å². The minimum absolute atomic E-state index is 0. The Morgan fingerprint density at radius 1 is 1.33 bits per heavy atom. The fraction of sp³-hybridized carbons (Fsp3) is 0.650. The molecule has 0 bridgehead atoms. The van der Waals surface area contributed by atoms with E-state index in [1.165, 1.54) is 31.4 Å². The largest absolute Gasteiger partial charge is 0.504 e. The number of hydrogen-bond acceptors (Lipinski definition) is 4. The summed E-state index contributed by atoms with van der Waals surface area (Å²) in [5.74, 6) is 2.79. The summed E-state index contributed by atoms with van der Waals surface area (Å²) in [6.45, 7) is 5.89. The van der Waals surface area contributed by atoms with Crippen molar-refractivity contribution in [1.29, 1.82) is 0 Å². The number of rotatable bonds is 8. The molecule has 0 radical (unpaired) electrons. The van der Waals surface area contributed by atoms with Gasteiger partial charge in [-0.3, -0.25) is 4.99 Å². The number of ether oxygens (including phenoxy) is 1. The van der Waals surface area contributed by atoms with Crippen LogP contribution >= 0.6 is 35.7 Å². The van der Waals surface area contributed by atoms with Crippen LogP contribution in [0.3, 0.4) is 0 Å². The zero-order valence-electron chi connectivity index (χ0n) is 16.7. The van der Waals surface area contributed by atoms with Gasteiger partial charge in [0.15, 0.2) is 17.5 Å². The molecule has 2 atom stereocenters. The number of hydrogen-bond donors (Lipinski definition) is 3. The highest BCUT2D eigenvalue weighted by atomic mass is 127. The fourth-order valence-electron chi connectivity index (χ4n) is 3.35. The lowest BCUT2D eigenvalue weighted by Crippen LogP contribution is -2.45. The van der Waals surface area contributed by atoms with Gasteiger partial charge >= 0.3 is 0 Å². The van der Waals surface area contributed by atoms with Gasteiger partial charge in [-0.2, -0.15) is 11.8 Å². The van der Waals surface area contributed by atoms with Crippen molar-refractivity contribution < 1.29 is 9.84 Å². The number of nitrogens with one attached hydrogen (secondary N) is 2. The predicted octanol–water partition coefficient (Wildman–Crippen LogP) is 4.18. The average molecular weight is 507 g/mol. The van der Waals surface area contributed by atoms with Gasteiger partial charge in [-0.1, -0.05) is 19.4 Å². The summed E-state index contributed by atoms with van der Waals surface area (Å²) in [4.78, 5) is 4.74. The predicted molar refractivity (Wildman–Crippen MR) is 127 cm³/mol. The molecule has 27 heavy (non-hydrogen) atoms. The lowest BCUT2D eigenvalue weighted by atomic mass is 9.95. The molecule has 5 nitrogen and oxygen atoms in total. The molecule has 1 aliphatic carbocycles. The first-order valence-corrected chi connectivity index (χ1v) is 10.7. The molecule has 0 spiro atoms. The number of aromatic hydroxyl groups is 1. The van der Waals surface area contributed by atoms with Crippen molar-refractivity contribution in [2.75, 3.05) is 26.0 Å². The van der Waals surface area contributed by atoms with Crippen molar-refractivity contribution in [3.05, 3.63) is 23.8 Å². The van der Waals surface area contributed by atoms with E-state index >= 15 is 0 Å². The molecule has 0 amide bonds. The molecule has 2 unspecified atom stereocenters. The van der Waals surface area contributed by atoms with Crippen molar-refractivity contribution in [3.63, 3.8) is 0 Å². The van der Waals surface area contributed by atoms with Gasteiger partial charge in [0, 0.05) is 24.4 Å². The zero-order valence-corrected chi connectivity index (χ0v) is 19.8. The first-order valence-electron chi connectivity index (χ1n) is 9.68. The Morgan fingerprint density at radius 2 is 2.15 bits per heavy atom. The second kappa shape index (κ2) is 13.4. The summed E-state index contributed by atoms with van der Waals surface area (Å²) in [6.07, 6.45) is 5.89. The van der Waals surface area contributed by atoms with E-state index in [0.29, 0.717) is 18.3 Å². The van der Waals surface area contributed by atoms with Gasteiger partial charge in [0.2, 0.25) is 0 Å². The highest BCUT2D eigenvalue weighted by Gasteiger charge is 2.22. The Bertz CT molecular complexity index is 584. The first-order chi connectivity index (χ1) is 12.7. The molecule has 0 saturated heterocycles. The van der Waals surface area contributed by atoms with Crippen LogP contribution in [0.25, 0.3) is 0 Å². The van der Waals surface area contributed by atoms with E-state index in [1.807, 2.05) is 12.1 Å². The number of phenolic OH excluding ortho intramolecular Hbond substituents is 1. The number of methoxy groups -OCH3 is 1. The SMILES string of the molecule is CCNC(=NCCc1ccc(O)c(OC)c1)NC1CCCC(SCC)C1.I. The maximum Gasteiger partial charge on any atom is 0.191 e. The highest BCUT2D eigenvalue weighted by Crippen LogP contribution is 2.28. The molecule has 1 aromatic rings.